The number of methoxy groups -OCH3 is 3. The van der Waals surface area contributed by atoms with E-state index < -0.39 is 59.3 Å². The molecule has 0 N–H and O–H groups in total. The molecule has 0 unspecified atom stereocenters. The molecule has 3 aliphatic heterocycles. The van der Waals surface area contributed by atoms with E-state index in [2.05, 4.69) is 6.08 Å². The van der Waals surface area contributed by atoms with Gasteiger partial charge in [-0.2, -0.15) is 0 Å². The SMILES string of the molecule is C/C=C/CCCCC[C@H]1C=C2[C@]3(CC(=O)OC)CC(C(=O)OC)=C(C(=O)OC)[C@H]4[C@H]1C[C@H](C1(CC/C=C/C)OCCO1)O[C@]24OC3=O. The number of rotatable bonds is 14. The third-order valence-corrected chi connectivity index (χ3v) is 10.5. The maximum atomic E-state index is 14.3. The Morgan fingerprint density at radius 1 is 0.936 bits per heavy atom. The summed E-state index contributed by atoms with van der Waals surface area (Å²) < 4.78 is 41.5. The first-order valence-electron chi connectivity index (χ1n) is 16.8. The number of ether oxygens (including phenoxy) is 7. The second-order valence-electron chi connectivity index (χ2n) is 13.0. The number of carbonyl (C=O) groups is 4. The first-order chi connectivity index (χ1) is 22.7. The zero-order valence-corrected chi connectivity index (χ0v) is 28.2. The van der Waals surface area contributed by atoms with E-state index in [1.807, 2.05) is 38.2 Å². The van der Waals surface area contributed by atoms with Gasteiger partial charge in [0.25, 0.3) is 0 Å². The molecule has 5 bridgehead atoms. The van der Waals surface area contributed by atoms with Crippen LogP contribution in [0, 0.1) is 23.2 Å². The van der Waals surface area contributed by atoms with E-state index in [0.29, 0.717) is 38.0 Å². The topological polar surface area (TPSA) is 133 Å². The Bertz CT molecular complexity index is 1350. The Hall–Kier alpha value is -3.28. The first kappa shape index (κ1) is 35.0. The molecule has 11 nitrogen and oxygen atoms in total. The highest BCUT2D eigenvalue weighted by Crippen LogP contribution is 2.67. The van der Waals surface area contributed by atoms with E-state index in [4.69, 9.17) is 33.2 Å². The zero-order valence-electron chi connectivity index (χ0n) is 28.2. The van der Waals surface area contributed by atoms with Crippen LogP contribution in [0.5, 0.6) is 0 Å². The molecule has 0 radical (unpaired) electrons. The summed E-state index contributed by atoms with van der Waals surface area (Å²) in [6.07, 6.45) is 15.0. The minimum Gasteiger partial charge on any atom is -0.469 e. The maximum Gasteiger partial charge on any atom is 0.334 e. The highest BCUT2D eigenvalue weighted by molar-refractivity contribution is 6.04. The molecule has 3 saturated heterocycles. The molecule has 0 aromatic heterocycles. The molecule has 5 aliphatic rings. The average Bonchev–Trinajstić information content (AvgIpc) is 3.61. The molecule has 258 valence electrons. The Labute approximate surface area is 276 Å². The largest absolute Gasteiger partial charge is 0.469 e. The summed E-state index contributed by atoms with van der Waals surface area (Å²) in [5, 5.41) is 0. The molecule has 0 aromatic carbocycles. The molecule has 0 aromatic rings. The molecule has 3 heterocycles. The average molecular weight is 657 g/mol. The van der Waals surface area contributed by atoms with Gasteiger partial charge in [-0.05, 0) is 57.8 Å². The number of carbonyl (C=O) groups excluding carboxylic acids is 4. The van der Waals surface area contributed by atoms with E-state index in [-0.39, 0.29) is 29.4 Å². The van der Waals surface area contributed by atoms with Gasteiger partial charge >= 0.3 is 23.9 Å². The lowest BCUT2D eigenvalue weighted by molar-refractivity contribution is -0.337. The fraction of sp³-hybridized carbons (Fsp3) is 0.667. The number of allylic oxidation sites excluding steroid dienone is 5. The molecule has 11 heteroatoms. The summed E-state index contributed by atoms with van der Waals surface area (Å²) in [5.41, 5.74) is -1.20. The lowest BCUT2D eigenvalue weighted by Gasteiger charge is -2.55. The predicted octanol–water partition coefficient (Wildman–Crippen LogP) is 5.04. The quantitative estimate of drug-likeness (QED) is 0.108. The van der Waals surface area contributed by atoms with Gasteiger partial charge in [-0.25, -0.2) is 9.59 Å². The van der Waals surface area contributed by atoms with Crippen molar-refractivity contribution >= 4 is 23.9 Å². The standard InChI is InChI=1S/C36H48O11/c1-6-8-10-11-12-13-15-23-19-26-34(22-28(37)41-3)21-25(31(38)42-4)29(32(39)43-5)30-24(23)20-27(46-36(26,30)47-33(34)40)35(16-14-9-7-2)44-17-18-45-35/h6-9,19,23-24,27,30H,10-18,20-22H2,1-5H3/b8-6+,9-7+/t23-,24-,27+,30+,34+,36-/m0/s1. The van der Waals surface area contributed by atoms with E-state index in [1.165, 1.54) is 21.3 Å². The predicted molar refractivity (Wildman–Crippen MR) is 168 cm³/mol. The second kappa shape index (κ2) is 14.5. The second-order valence-corrected chi connectivity index (χ2v) is 13.0. The van der Waals surface area contributed by atoms with Gasteiger partial charge in [-0.15, -0.1) is 0 Å². The minimum absolute atomic E-state index is 0.0205. The number of hydrogen-bond acceptors (Lipinski definition) is 11. The highest BCUT2D eigenvalue weighted by Gasteiger charge is 2.75. The van der Waals surface area contributed by atoms with Crippen molar-refractivity contribution in [3.05, 3.63) is 47.1 Å². The van der Waals surface area contributed by atoms with Crippen LogP contribution in [0.3, 0.4) is 0 Å². The summed E-state index contributed by atoms with van der Waals surface area (Å²) in [4.78, 5) is 54.7. The normalized spacial score (nSPS) is 32.3. The van der Waals surface area contributed by atoms with Crippen LogP contribution in [0.15, 0.2) is 47.1 Å². The fourth-order valence-corrected chi connectivity index (χ4v) is 8.42. The Kier molecular flexibility index (Phi) is 10.8. The molecular formula is C36H48O11. The molecule has 1 spiro atoms. The van der Waals surface area contributed by atoms with Crippen molar-refractivity contribution < 1.29 is 52.3 Å². The van der Waals surface area contributed by atoms with Crippen molar-refractivity contribution in [1.29, 1.82) is 0 Å². The van der Waals surface area contributed by atoms with Crippen LogP contribution in [0.4, 0.5) is 0 Å². The number of unbranched alkanes of at least 4 members (excludes halogenated alkanes) is 3. The monoisotopic (exact) mass is 656 g/mol. The number of esters is 4. The highest BCUT2D eigenvalue weighted by atomic mass is 16.8. The van der Waals surface area contributed by atoms with Crippen molar-refractivity contribution in [2.75, 3.05) is 34.5 Å². The molecule has 0 saturated carbocycles. The third kappa shape index (κ3) is 6.10. The minimum atomic E-state index is -1.80. The van der Waals surface area contributed by atoms with Gasteiger partial charge in [0.15, 0.2) is 5.79 Å². The summed E-state index contributed by atoms with van der Waals surface area (Å²) in [5.74, 6) is -7.18. The summed E-state index contributed by atoms with van der Waals surface area (Å²) >= 11 is 0. The summed E-state index contributed by atoms with van der Waals surface area (Å²) in [7, 11) is 3.71. The lowest BCUT2D eigenvalue weighted by atomic mass is 9.59. The van der Waals surface area contributed by atoms with Gasteiger partial charge in [-0.3, -0.25) is 9.59 Å². The Balaban J connectivity index is 1.71. The van der Waals surface area contributed by atoms with E-state index in [0.717, 1.165) is 32.1 Å². The van der Waals surface area contributed by atoms with Gasteiger partial charge in [0.1, 0.15) is 11.5 Å². The van der Waals surface area contributed by atoms with Crippen LogP contribution >= 0.6 is 0 Å². The van der Waals surface area contributed by atoms with E-state index in [1.54, 1.807) is 0 Å². The molecule has 5 rings (SSSR count). The van der Waals surface area contributed by atoms with Crippen LogP contribution in [0.1, 0.15) is 78.1 Å². The molecule has 3 fully saturated rings. The lowest BCUT2D eigenvalue weighted by Crippen LogP contribution is -2.63. The molecule has 2 aliphatic carbocycles. The van der Waals surface area contributed by atoms with E-state index in [9.17, 15) is 19.2 Å². The van der Waals surface area contributed by atoms with Crippen molar-refractivity contribution in [2.24, 2.45) is 23.2 Å². The third-order valence-electron chi connectivity index (χ3n) is 10.5. The molecule has 0 amide bonds. The van der Waals surface area contributed by atoms with Crippen LogP contribution < -0.4 is 0 Å². The first-order valence-corrected chi connectivity index (χ1v) is 16.8. The zero-order chi connectivity index (χ0) is 33.8. The van der Waals surface area contributed by atoms with Crippen molar-refractivity contribution in [3.63, 3.8) is 0 Å². The van der Waals surface area contributed by atoms with E-state index >= 15 is 0 Å². The van der Waals surface area contributed by atoms with Gasteiger partial charge in [-0.1, -0.05) is 43.2 Å². The maximum absolute atomic E-state index is 14.3. The molecule has 47 heavy (non-hydrogen) atoms. The van der Waals surface area contributed by atoms with Crippen molar-refractivity contribution in [3.8, 4) is 0 Å². The van der Waals surface area contributed by atoms with Crippen molar-refractivity contribution in [2.45, 2.75) is 95.7 Å². The summed E-state index contributed by atoms with van der Waals surface area (Å²) in [6.45, 7) is 4.71. The Morgan fingerprint density at radius 3 is 2.30 bits per heavy atom. The Morgan fingerprint density at radius 2 is 1.64 bits per heavy atom. The van der Waals surface area contributed by atoms with Crippen LogP contribution in [0.25, 0.3) is 0 Å². The van der Waals surface area contributed by atoms with Crippen LogP contribution in [-0.4, -0.2) is 76.1 Å². The van der Waals surface area contributed by atoms with Crippen molar-refractivity contribution in [1.82, 2.24) is 0 Å². The van der Waals surface area contributed by atoms with Gasteiger partial charge in [0, 0.05) is 24.0 Å². The van der Waals surface area contributed by atoms with Gasteiger partial charge in [0.2, 0.25) is 5.79 Å². The van der Waals surface area contributed by atoms with Crippen LogP contribution in [0.2, 0.25) is 0 Å². The fourth-order valence-electron chi connectivity index (χ4n) is 8.42. The smallest absolute Gasteiger partial charge is 0.334 e. The molecular weight excluding hydrogens is 608 g/mol. The van der Waals surface area contributed by atoms with Crippen LogP contribution in [-0.2, 0) is 52.3 Å². The molecule has 6 atom stereocenters. The van der Waals surface area contributed by atoms with Gasteiger partial charge in [0.05, 0.1) is 52.5 Å². The van der Waals surface area contributed by atoms with Gasteiger partial charge < -0.3 is 33.2 Å². The summed E-state index contributed by atoms with van der Waals surface area (Å²) in [6, 6.07) is 0. The number of hydrogen-bond donors (Lipinski definition) is 0.